The molecule has 1 aliphatic rings. The second kappa shape index (κ2) is 5.59. The lowest BCUT2D eigenvalue weighted by Gasteiger charge is -2.16. The molecular formula is C14H18ClNO4S. The van der Waals surface area contributed by atoms with Crippen LogP contribution in [-0.2, 0) is 10.0 Å². The van der Waals surface area contributed by atoms with Gasteiger partial charge in [-0.3, -0.25) is 0 Å². The SMILES string of the molecule is CCC1(CNS(=O)(=O)c2cc(Cl)cc(C(=O)O)c2C)CC1. The largest absolute Gasteiger partial charge is 0.478 e. The van der Waals surface area contributed by atoms with Crippen molar-refractivity contribution in [2.24, 2.45) is 5.41 Å². The number of rotatable bonds is 6. The maximum absolute atomic E-state index is 12.4. The van der Waals surface area contributed by atoms with Crippen molar-refractivity contribution in [1.29, 1.82) is 0 Å². The lowest BCUT2D eigenvalue weighted by molar-refractivity contribution is 0.0696. The summed E-state index contributed by atoms with van der Waals surface area (Å²) in [5.74, 6) is -1.20. The van der Waals surface area contributed by atoms with Crippen LogP contribution in [0.3, 0.4) is 0 Å². The molecule has 0 bridgehead atoms. The van der Waals surface area contributed by atoms with Gasteiger partial charge >= 0.3 is 5.97 Å². The molecule has 0 spiro atoms. The Morgan fingerprint density at radius 3 is 2.52 bits per heavy atom. The van der Waals surface area contributed by atoms with E-state index >= 15 is 0 Å². The Bertz CT molecular complexity index is 680. The monoisotopic (exact) mass is 331 g/mol. The van der Waals surface area contributed by atoms with Crippen molar-refractivity contribution in [3.63, 3.8) is 0 Å². The summed E-state index contributed by atoms with van der Waals surface area (Å²) in [6.45, 7) is 3.88. The van der Waals surface area contributed by atoms with Gasteiger partial charge in [0.15, 0.2) is 0 Å². The first-order valence-corrected chi connectivity index (χ1v) is 8.60. The maximum Gasteiger partial charge on any atom is 0.336 e. The summed E-state index contributed by atoms with van der Waals surface area (Å²) in [6, 6.07) is 2.55. The van der Waals surface area contributed by atoms with Gasteiger partial charge in [-0.1, -0.05) is 18.5 Å². The summed E-state index contributed by atoms with van der Waals surface area (Å²) in [7, 11) is -3.77. The van der Waals surface area contributed by atoms with Crippen LogP contribution in [0.5, 0.6) is 0 Å². The molecule has 0 amide bonds. The third-order valence-electron chi connectivity index (χ3n) is 4.19. The van der Waals surface area contributed by atoms with Gasteiger partial charge in [0.1, 0.15) is 0 Å². The topological polar surface area (TPSA) is 83.5 Å². The molecule has 1 fully saturated rings. The Kier molecular flexibility index (Phi) is 4.33. The quantitative estimate of drug-likeness (QED) is 0.839. The number of benzene rings is 1. The number of carboxylic acid groups (broad SMARTS) is 1. The normalized spacial score (nSPS) is 16.7. The fraction of sp³-hybridized carbons (Fsp3) is 0.500. The molecule has 1 aromatic carbocycles. The van der Waals surface area contributed by atoms with E-state index < -0.39 is 16.0 Å². The number of nitrogens with one attached hydrogen (secondary N) is 1. The molecule has 5 nitrogen and oxygen atoms in total. The highest BCUT2D eigenvalue weighted by molar-refractivity contribution is 7.89. The molecule has 21 heavy (non-hydrogen) atoms. The highest BCUT2D eigenvalue weighted by Crippen LogP contribution is 2.48. The predicted molar refractivity (Wildman–Crippen MR) is 80.3 cm³/mol. The average Bonchev–Trinajstić information content (AvgIpc) is 3.19. The molecule has 0 atom stereocenters. The van der Waals surface area contributed by atoms with Crippen molar-refractivity contribution < 1.29 is 18.3 Å². The molecule has 7 heteroatoms. The molecular weight excluding hydrogens is 314 g/mol. The average molecular weight is 332 g/mol. The number of hydrogen-bond donors (Lipinski definition) is 2. The van der Waals surface area contributed by atoms with Gasteiger partial charge in [0.05, 0.1) is 10.5 Å². The molecule has 0 aromatic heterocycles. The molecule has 0 heterocycles. The molecule has 116 valence electrons. The molecule has 2 rings (SSSR count). The van der Waals surface area contributed by atoms with Crippen LogP contribution in [0.2, 0.25) is 5.02 Å². The van der Waals surface area contributed by atoms with Crippen molar-refractivity contribution in [3.05, 3.63) is 28.3 Å². The third kappa shape index (κ3) is 3.39. The van der Waals surface area contributed by atoms with E-state index in [4.69, 9.17) is 16.7 Å². The van der Waals surface area contributed by atoms with Crippen molar-refractivity contribution >= 4 is 27.6 Å². The second-order valence-electron chi connectivity index (χ2n) is 5.56. The van der Waals surface area contributed by atoms with Gasteiger partial charge < -0.3 is 5.11 Å². The van der Waals surface area contributed by atoms with Crippen LogP contribution in [0.25, 0.3) is 0 Å². The zero-order valence-corrected chi connectivity index (χ0v) is 13.5. The van der Waals surface area contributed by atoms with E-state index in [1.54, 1.807) is 0 Å². The lowest BCUT2D eigenvalue weighted by atomic mass is 10.1. The molecule has 1 aliphatic carbocycles. The van der Waals surface area contributed by atoms with Crippen molar-refractivity contribution in [2.75, 3.05) is 6.54 Å². The summed E-state index contributed by atoms with van der Waals surface area (Å²) in [6.07, 6.45) is 2.95. The number of halogens is 1. The van der Waals surface area contributed by atoms with Gasteiger partial charge in [0.2, 0.25) is 10.0 Å². The van der Waals surface area contributed by atoms with Crippen molar-refractivity contribution in [1.82, 2.24) is 4.72 Å². The highest BCUT2D eigenvalue weighted by Gasteiger charge is 2.41. The Labute approximate surface area is 129 Å². The minimum Gasteiger partial charge on any atom is -0.478 e. The van der Waals surface area contributed by atoms with E-state index in [0.29, 0.717) is 6.54 Å². The number of carbonyl (C=O) groups is 1. The lowest BCUT2D eigenvalue weighted by Crippen LogP contribution is -2.30. The van der Waals surface area contributed by atoms with Gasteiger partial charge in [0.25, 0.3) is 0 Å². The Morgan fingerprint density at radius 1 is 1.43 bits per heavy atom. The Balaban J connectivity index is 2.33. The summed E-state index contributed by atoms with van der Waals surface area (Å²) < 4.78 is 27.4. The van der Waals surface area contributed by atoms with Crippen LogP contribution in [0.15, 0.2) is 17.0 Å². The third-order valence-corrected chi connectivity index (χ3v) is 5.93. The zero-order chi connectivity index (χ0) is 15.8. The van der Waals surface area contributed by atoms with E-state index in [2.05, 4.69) is 4.72 Å². The van der Waals surface area contributed by atoms with Gasteiger partial charge in [-0.25, -0.2) is 17.9 Å². The van der Waals surface area contributed by atoms with Crippen LogP contribution < -0.4 is 4.72 Å². The number of hydrogen-bond acceptors (Lipinski definition) is 3. The first kappa shape index (κ1) is 16.3. The summed E-state index contributed by atoms with van der Waals surface area (Å²) >= 11 is 5.85. The fourth-order valence-electron chi connectivity index (χ4n) is 2.31. The van der Waals surface area contributed by atoms with Crippen LogP contribution in [0, 0.1) is 12.3 Å². The van der Waals surface area contributed by atoms with E-state index in [1.807, 2.05) is 6.92 Å². The van der Waals surface area contributed by atoms with E-state index in [0.717, 1.165) is 19.3 Å². The summed E-state index contributed by atoms with van der Waals surface area (Å²) in [5.41, 5.74) is 0.162. The molecule has 0 saturated heterocycles. The van der Waals surface area contributed by atoms with Crippen LogP contribution in [-0.4, -0.2) is 26.0 Å². The second-order valence-corrected chi connectivity index (χ2v) is 7.73. The van der Waals surface area contributed by atoms with Crippen molar-refractivity contribution in [3.8, 4) is 0 Å². The standard InChI is InChI=1S/C14H18ClNO4S/c1-3-14(4-5-14)8-16-21(19,20)12-7-10(15)6-11(9(12)2)13(17)18/h6-7,16H,3-5,8H2,1-2H3,(H,17,18). The fourth-order valence-corrected chi connectivity index (χ4v) is 4.04. The maximum atomic E-state index is 12.4. The van der Waals surface area contributed by atoms with E-state index in [-0.39, 0.29) is 26.5 Å². The van der Waals surface area contributed by atoms with Crippen LogP contribution >= 0.6 is 11.6 Å². The van der Waals surface area contributed by atoms with Crippen LogP contribution in [0.1, 0.15) is 42.1 Å². The summed E-state index contributed by atoms with van der Waals surface area (Å²) in [4.78, 5) is 11.1. The number of sulfonamides is 1. The zero-order valence-electron chi connectivity index (χ0n) is 11.9. The number of aromatic carboxylic acids is 1. The van der Waals surface area contributed by atoms with E-state index in [1.165, 1.54) is 19.1 Å². The smallest absolute Gasteiger partial charge is 0.336 e. The first-order chi connectivity index (χ1) is 9.71. The minimum absolute atomic E-state index is 0.0647. The minimum atomic E-state index is -3.77. The van der Waals surface area contributed by atoms with Crippen LogP contribution in [0.4, 0.5) is 0 Å². The molecule has 2 N–H and O–H groups in total. The Morgan fingerprint density at radius 2 is 2.05 bits per heavy atom. The predicted octanol–water partition coefficient (Wildman–Crippen LogP) is 2.82. The van der Waals surface area contributed by atoms with Gasteiger partial charge in [0, 0.05) is 11.6 Å². The molecule has 0 radical (unpaired) electrons. The van der Waals surface area contributed by atoms with Gasteiger partial charge in [-0.05, 0) is 49.3 Å². The highest BCUT2D eigenvalue weighted by atomic mass is 35.5. The molecule has 0 aliphatic heterocycles. The van der Waals surface area contributed by atoms with Gasteiger partial charge in [-0.2, -0.15) is 0 Å². The first-order valence-electron chi connectivity index (χ1n) is 6.74. The summed E-state index contributed by atoms with van der Waals surface area (Å²) in [5, 5.41) is 9.21. The molecule has 1 saturated carbocycles. The van der Waals surface area contributed by atoms with Crippen molar-refractivity contribution in [2.45, 2.75) is 38.0 Å². The molecule has 1 aromatic rings. The van der Waals surface area contributed by atoms with E-state index in [9.17, 15) is 13.2 Å². The molecule has 0 unspecified atom stereocenters. The van der Waals surface area contributed by atoms with Gasteiger partial charge in [-0.15, -0.1) is 0 Å². The number of carboxylic acids is 1. The Hall–Kier alpha value is -1.11.